The molecular formula is C28H31N3OS. The SMILES string of the molecule is CC(C)(C)Sc1ccc(-c2noc(-c3ccc(Nc4ccccc4C(C)(C)C)cc3)n2)cc1. The highest BCUT2D eigenvalue weighted by Crippen LogP contribution is 2.34. The molecule has 0 amide bonds. The van der Waals surface area contributed by atoms with Gasteiger partial charge in [-0.2, -0.15) is 4.98 Å². The maximum atomic E-state index is 5.55. The summed E-state index contributed by atoms with van der Waals surface area (Å²) >= 11 is 1.84. The summed E-state index contributed by atoms with van der Waals surface area (Å²) in [6.07, 6.45) is 0. The van der Waals surface area contributed by atoms with Crippen LogP contribution >= 0.6 is 11.8 Å². The van der Waals surface area contributed by atoms with E-state index in [1.54, 1.807) is 0 Å². The Balaban J connectivity index is 1.49. The Morgan fingerprint density at radius 3 is 2.03 bits per heavy atom. The number of anilines is 2. The van der Waals surface area contributed by atoms with Crippen molar-refractivity contribution in [2.75, 3.05) is 5.32 Å². The third-order valence-corrected chi connectivity index (χ3v) is 6.23. The monoisotopic (exact) mass is 457 g/mol. The van der Waals surface area contributed by atoms with E-state index >= 15 is 0 Å². The van der Waals surface area contributed by atoms with Crippen LogP contribution in [0.2, 0.25) is 0 Å². The molecule has 0 spiro atoms. The van der Waals surface area contributed by atoms with Gasteiger partial charge >= 0.3 is 0 Å². The topological polar surface area (TPSA) is 51.0 Å². The first kappa shape index (κ1) is 23.1. The summed E-state index contributed by atoms with van der Waals surface area (Å²) in [5, 5.41) is 7.73. The van der Waals surface area contributed by atoms with E-state index in [1.165, 1.54) is 10.5 Å². The molecule has 33 heavy (non-hydrogen) atoms. The number of rotatable bonds is 5. The molecule has 3 aromatic carbocycles. The predicted octanol–water partition coefficient (Wildman–Crippen LogP) is 8.34. The van der Waals surface area contributed by atoms with E-state index in [0.717, 1.165) is 22.5 Å². The molecule has 1 aromatic heterocycles. The van der Waals surface area contributed by atoms with Crippen LogP contribution in [0.4, 0.5) is 11.4 Å². The van der Waals surface area contributed by atoms with Crippen LogP contribution in [-0.4, -0.2) is 14.9 Å². The highest BCUT2D eigenvalue weighted by atomic mass is 32.2. The average Bonchev–Trinajstić information content (AvgIpc) is 3.24. The fraction of sp³-hybridized carbons (Fsp3) is 0.286. The van der Waals surface area contributed by atoms with E-state index in [0.29, 0.717) is 11.7 Å². The molecule has 4 aromatic rings. The summed E-state index contributed by atoms with van der Waals surface area (Å²) in [6, 6.07) is 24.8. The zero-order valence-corrected chi connectivity index (χ0v) is 21.0. The van der Waals surface area contributed by atoms with Crippen molar-refractivity contribution in [1.29, 1.82) is 0 Å². The number of nitrogens with zero attached hydrogens (tertiary/aromatic N) is 2. The van der Waals surface area contributed by atoms with E-state index in [2.05, 4.69) is 93.4 Å². The molecule has 0 bridgehead atoms. The lowest BCUT2D eigenvalue weighted by molar-refractivity contribution is 0.432. The van der Waals surface area contributed by atoms with Gasteiger partial charge in [-0.25, -0.2) is 0 Å². The van der Waals surface area contributed by atoms with Gasteiger partial charge in [0.05, 0.1) is 0 Å². The van der Waals surface area contributed by atoms with Gasteiger partial charge < -0.3 is 9.84 Å². The molecule has 0 atom stereocenters. The third-order valence-electron chi connectivity index (χ3n) is 5.11. The highest BCUT2D eigenvalue weighted by Gasteiger charge is 2.18. The Morgan fingerprint density at radius 2 is 1.39 bits per heavy atom. The van der Waals surface area contributed by atoms with Crippen LogP contribution in [-0.2, 0) is 5.41 Å². The second-order valence-corrected chi connectivity index (χ2v) is 12.1. The van der Waals surface area contributed by atoms with E-state index in [4.69, 9.17) is 4.52 Å². The van der Waals surface area contributed by atoms with E-state index < -0.39 is 0 Å². The average molecular weight is 458 g/mol. The first-order chi connectivity index (χ1) is 15.6. The molecule has 0 aliphatic rings. The molecule has 0 fully saturated rings. The standard InChI is InChI=1S/C28H31N3OS/c1-27(2,3)23-9-7-8-10-24(23)29-21-15-11-20(12-16-21)26-30-25(31-32-26)19-13-17-22(18-14-19)33-28(4,5)6/h7-18,29H,1-6H3. The first-order valence-electron chi connectivity index (χ1n) is 11.2. The van der Waals surface area contributed by atoms with Crippen molar-refractivity contribution in [1.82, 2.24) is 10.1 Å². The highest BCUT2D eigenvalue weighted by molar-refractivity contribution is 8.00. The molecule has 1 N–H and O–H groups in total. The molecule has 5 heteroatoms. The molecule has 1 heterocycles. The van der Waals surface area contributed by atoms with Crippen molar-refractivity contribution in [3.8, 4) is 22.8 Å². The molecule has 4 nitrogen and oxygen atoms in total. The van der Waals surface area contributed by atoms with Gasteiger partial charge in [0, 0.05) is 32.1 Å². The van der Waals surface area contributed by atoms with Gasteiger partial charge in [0.25, 0.3) is 5.89 Å². The molecular weight excluding hydrogens is 426 g/mol. The predicted molar refractivity (Wildman–Crippen MR) is 139 cm³/mol. The summed E-state index contributed by atoms with van der Waals surface area (Å²) in [5.41, 5.74) is 5.31. The summed E-state index contributed by atoms with van der Waals surface area (Å²) in [5.74, 6) is 1.11. The van der Waals surface area contributed by atoms with Crippen molar-refractivity contribution >= 4 is 23.1 Å². The number of benzene rings is 3. The van der Waals surface area contributed by atoms with Crippen molar-refractivity contribution in [2.45, 2.75) is 56.6 Å². The van der Waals surface area contributed by atoms with E-state index in [9.17, 15) is 0 Å². The summed E-state index contributed by atoms with van der Waals surface area (Å²) in [4.78, 5) is 5.84. The minimum absolute atomic E-state index is 0.0628. The van der Waals surface area contributed by atoms with Crippen molar-refractivity contribution < 1.29 is 4.52 Å². The van der Waals surface area contributed by atoms with Gasteiger partial charge in [-0.05, 0) is 65.6 Å². The zero-order valence-electron chi connectivity index (χ0n) is 20.1. The minimum Gasteiger partial charge on any atom is -0.355 e. The Kier molecular flexibility index (Phi) is 6.35. The van der Waals surface area contributed by atoms with E-state index in [-0.39, 0.29) is 10.2 Å². The van der Waals surface area contributed by atoms with Crippen LogP contribution in [0.3, 0.4) is 0 Å². The molecule has 170 valence electrons. The largest absolute Gasteiger partial charge is 0.355 e. The Morgan fingerprint density at radius 1 is 0.758 bits per heavy atom. The van der Waals surface area contributed by atoms with Gasteiger partial charge in [-0.3, -0.25) is 0 Å². The second-order valence-electron chi connectivity index (χ2n) is 10.2. The Bertz CT molecular complexity index is 1210. The van der Waals surface area contributed by atoms with Crippen LogP contribution < -0.4 is 5.32 Å². The lowest BCUT2D eigenvalue weighted by atomic mass is 9.86. The smallest absolute Gasteiger partial charge is 0.258 e. The quantitative estimate of drug-likeness (QED) is 0.305. The fourth-order valence-corrected chi connectivity index (χ4v) is 4.56. The van der Waals surface area contributed by atoms with Crippen molar-refractivity contribution in [2.24, 2.45) is 0 Å². The second kappa shape index (κ2) is 9.06. The van der Waals surface area contributed by atoms with Gasteiger partial charge in [0.15, 0.2) is 0 Å². The van der Waals surface area contributed by atoms with Gasteiger partial charge in [0.2, 0.25) is 5.82 Å². The molecule has 0 saturated carbocycles. The molecule has 0 aliphatic carbocycles. The van der Waals surface area contributed by atoms with Crippen molar-refractivity contribution in [3.05, 3.63) is 78.4 Å². The number of nitrogens with one attached hydrogen (secondary N) is 1. The first-order valence-corrected chi connectivity index (χ1v) is 12.0. The number of aromatic nitrogens is 2. The van der Waals surface area contributed by atoms with Crippen molar-refractivity contribution in [3.63, 3.8) is 0 Å². The summed E-state index contributed by atoms with van der Waals surface area (Å²) < 4.78 is 5.73. The Hall–Kier alpha value is -3.05. The number of hydrogen-bond acceptors (Lipinski definition) is 5. The Labute approximate surface area is 200 Å². The van der Waals surface area contributed by atoms with Crippen LogP contribution in [0.1, 0.15) is 47.1 Å². The molecule has 4 rings (SSSR count). The van der Waals surface area contributed by atoms with Gasteiger partial charge in [-0.1, -0.05) is 64.9 Å². The summed E-state index contributed by atoms with van der Waals surface area (Å²) in [7, 11) is 0. The zero-order chi connectivity index (χ0) is 23.6. The molecule has 0 unspecified atom stereocenters. The van der Waals surface area contributed by atoms with E-state index in [1.807, 2.05) is 48.2 Å². The lowest BCUT2D eigenvalue weighted by Gasteiger charge is -2.23. The lowest BCUT2D eigenvalue weighted by Crippen LogP contribution is -2.13. The number of thioether (sulfide) groups is 1. The number of hydrogen-bond donors (Lipinski definition) is 1. The summed E-state index contributed by atoms with van der Waals surface area (Å²) in [6.45, 7) is 13.3. The van der Waals surface area contributed by atoms with Gasteiger partial charge in [-0.15, -0.1) is 11.8 Å². The van der Waals surface area contributed by atoms with Crippen LogP contribution in [0.15, 0.2) is 82.2 Å². The third kappa shape index (κ3) is 5.85. The van der Waals surface area contributed by atoms with Gasteiger partial charge in [0.1, 0.15) is 0 Å². The van der Waals surface area contributed by atoms with Crippen LogP contribution in [0.25, 0.3) is 22.8 Å². The van der Waals surface area contributed by atoms with Crippen LogP contribution in [0.5, 0.6) is 0 Å². The number of para-hydroxylation sites is 1. The maximum Gasteiger partial charge on any atom is 0.258 e. The normalized spacial score (nSPS) is 12.1. The molecule has 0 aliphatic heterocycles. The molecule has 0 saturated heterocycles. The minimum atomic E-state index is 0.0628. The van der Waals surface area contributed by atoms with Crippen LogP contribution in [0, 0.1) is 0 Å². The molecule has 0 radical (unpaired) electrons. The fourth-order valence-electron chi connectivity index (χ4n) is 3.58. The maximum absolute atomic E-state index is 5.55.